The quantitative estimate of drug-likeness (QED) is 0.685. The van der Waals surface area contributed by atoms with E-state index in [1.54, 1.807) is 0 Å². The summed E-state index contributed by atoms with van der Waals surface area (Å²) < 4.78 is 27.7. The van der Waals surface area contributed by atoms with Crippen LogP contribution in [0.2, 0.25) is 0 Å². The van der Waals surface area contributed by atoms with Gasteiger partial charge >= 0.3 is 5.97 Å². The van der Waals surface area contributed by atoms with Gasteiger partial charge in [0.15, 0.2) is 9.84 Å². The molecule has 1 aliphatic carbocycles. The summed E-state index contributed by atoms with van der Waals surface area (Å²) in [6.07, 6.45) is 2.85. The first kappa shape index (κ1) is 15.7. The lowest BCUT2D eigenvalue weighted by atomic mass is 9.97. The Hall–Kier alpha value is -0.660. The average molecular weight is 304 g/mol. The van der Waals surface area contributed by atoms with Crippen molar-refractivity contribution in [2.75, 3.05) is 38.2 Å². The van der Waals surface area contributed by atoms with Crippen LogP contribution in [-0.4, -0.2) is 69.1 Å². The lowest BCUT2D eigenvalue weighted by Gasteiger charge is -2.32. The molecule has 1 saturated heterocycles. The van der Waals surface area contributed by atoms with Gasteiger partial charge in [0.25, 0.3) is 0 Å². The van der Waals surface area contributed by atoms with Crippen LogP contribution in [0.4, 0.5) is 0 Å². The Labute approximate surface area is 120 Å². The van der Waals surface area contributed by atoms with E-state index in [9.17, 15) is 13.2 Å². The highest BCUT2D eigenvalue weighted by atomic mass is 32.2. The van der Waals surface area contributed by atoms with E-state index in [1.807, 2.05) is 6.92 Å². The largest absolute Gasteiger partial charge is 0.468 e. The number of rotatable bonds is 6. The van der Waals surface area contributed by atoms with Crippen LogP contribution in [0.5, 0.6) is 0 Å². The second kappa shape index (κ2) is 5.99. The molecular weight excluding hydrogens is 280 g/mol. The highest BCUT2D eigenvalue weighted by Gasteiger charge is 2.39. The summed E-state index contributed by atoms with van der Waals surface area (Å²) in [4.78, 5) is 14.1. The maximum absolute atomic E-state index is 12.0. The third-order valence-corrected chi connectivity index (χ3v) is 5.71. The monoisotopic (exact) mass is 304 g/mol. The van der Waals surface area contributed by atoms with E-state index >= 15 is 0 Å². The van der Waals surface area contributed by atoms with Crippen LogP contribution < -0.4 is 5.32 Å². The highest BCUT2D eigenvalue weighted by Crippen LogP contribution is 2.25. The van der Waals surface area contributed by atoms with Crippen molar-refractivity contribution in [3.8, 4) is 0 Å². The van der Waals surface area contributed by atoms with Gasteiger partial charge in [-0.2, -0.15) is 0 Å². The Morgan fingerprint density at radius 1 is 1.35 bits per heavy atom. The molecule has 1 heterocycles. The average Bonchev–Trinajstić information content (AvgIpc) is 3.20. The Morgan fingerprint density at radius 3 is 2.45 bits per heavy atom. The molecule has 2 aliphatic rings. The predicted molar refractivity (Wildman–Crippen MR) is 76.3 cm³/mol. The number of hydrogen-bond acceptors (Lipinski definition) is 6. The van der Waals surface area contributed by atoms with Crippen LogP contribution in [0.15, 0.2) is 0 Å². The molecule has 1 N–H and O–H groups in total. The molecule has 20 heavy (non-hydrogen) atoms. The standard InChI is InChI=1S/C13H24N2O4S/c1-13(12(16)19-2,14-11-3-4-11)5-6-15-7-9-20(17,18)10-8-15/h11,14H,3-10H2,1-2H3. The summed E-state index contributed by atoms with van der Waals surface area (Å²) >= 11 is 0. The lowest BCUT2D eigenvalue weighted by Crippen LogP contribution is -2.53. The Balaban J connectivity index is 1.87. The minimum absolute atomic E-state index is 0.220. The Kier molecular flexibility index (Phi) is 4.71. The molecule has 0 aromatic rings. The molecule has 0 bridgehead atoms. The summed E-state index contributed by atoms with van der Waals surface area (Å²) in [5.41, 5.74) is -0.674. The topological polar surface area (TPSA) is 75.7 Å². The lowest BCUT2D eigenvalue weighted by molar-refractivity contribution is -0.148. The molecule has 0 amide bonds. The minimum Gasteiger partial charge on any atom is -0.468 e. The van der Waals surface area contributed by atoms with Crippen LogP contribution in [0.3, 0.4) is 0 Å². The number of sulfone groups is 1. The van der Waals surface area contributed by atoms with E-state index in [-0.39, 0.29) is 17.5 Å². The number of hydrogen-bond donors (Lipinski definition) is 1. The van der Waals surface area contributed by atoms with E-state index in [4.69, 9.17) is 4.74 Å². The summed E-state index contributed by atoms with van der Waals surface area (Å²) in [6, 6.07) is 0.417. The van der Waals surface area contributed by atoms with Crippen LogP contribution in [-0.2, 0) is 19.4 Å². The fourth-order valence-corrected chi connectivity index (χ4v) is 3.77. The van der Waals surface area contributed by atoms with Crippen molar-refractivity contribution < 1.29 is 17.9 Å². The van der Waals surface area contributed by atoms with Gasteiger partial charge in [0.1, 0.15) is 5.54 Å². The molecule has 1 saturated carbocycles. The van der Waals surface area contributed by atoms with Gasteiger partial charge in [-0.1, -0.05) is 0 Å². The zero-order valence-electron chi connectivity index (χ0n) is 12.2. The van der Waals surface area contributed by atoms with E-state index in [2.05, 4.69) is 10.2 Å². The molecule has 2 rings (SSSR count). The first-order valence-corrected chi connectivity index (χ1v) is 8.96. The fraction of sp³-hybridized carbons (Fsp3) is 0.923. The SMILES string of the molecule is COC(=O)C(C)(CCN1CCS(=O)(=O)CC1)NC1CC1. The zero-order valence-corrected chi connectivity index (χ0v) is 13.0. The Morgan fingerprint density at radius 2 is 1.95 bits per heavy atom. The van der Waals surface area contributed by atoms with Gasteiger partial charge in [-0.15, -0.1) is 0 Å². The molecule has 1 aliphatic heterocycles. The van der Waals surface area contributed by atoms with E-state index < -0.39 is 15.4 Å². The number of esters is 1. The molecule has 0 radical (unpaired) electrons. The molecule has 0 spiro atoms. The summed E-state index contributed by atoms with van der Waals surface area (Å²) in [5.74, 6) is 0.199. The third-order valence-electron chi connectivity index (χ3n) is 4.10. The second-order valence-corrected chi connectivity index (χ2v) is 8.29. The smallest absolute Gasteiger partial charge is 0.325 e. The molecule has 0 aromatic heterocycles. The normalized spacial score (nSPS) is 25.9. The van der Waals surface area contributed by atoms with Crippen molar-refractivity contribution in [2.24, 2.45) is 0 Å². The summed E-state index contributed by atoms with van der Waals surface area (Å²) in [5, 5.41) is 3.35. The zero-order chi connectivity index (χ0) is 14.8. The first-order chi connectivity index (χ1) is 9.35. The van der Waals surface area contributed by atoms with Crippen LogP contribution in [0.25, 0.3) is 0 Å². The number of carbonyl (C=O) groups excluding carboxylic acids is 1. The van der Waals surface area contributed by atoms with Crippen molar-refractivity contribution in [1.29, 1.82) is 0 Å². The van der Waals surface area contributed by atoms with Gasteiger partial charge in [-0.25, -0.2) is 8.42 Å². The van der Waals surface area contributed by atoms with Crippen molar-refractivity contribution in [1.82, 2.24) is 10.2 Å². The number of ether oxygens (including phenoxy) is 1. The second-order valence-electron chi connectivity index (χ2n) is 5.99. The molecule has 6 nitrogen and oxygen atoms in total. The molecule has 7 heteroatoms. The van der Waals surface area contributed by atoms with Crippen LogP contribution >= 0.6 is 0 Å². The van der Waals surface area contributed by atoms with Gasteiger partial charge in [-0.3, -0.25) is 10.1 Å². The highest BCUT2D eigenvalue weighted by molar-refractivity contribution is 7.91. The van der Waals surface area contributed by atoms with Gasteiger partial charge in [0, 0.05) is 25.7 Å². The van der Waals surface area contributed by atoms with Gasteiger partial charge in [-0.05, 0) is 26.2 Å². The number of nitrogens with zero attached hydrogens (tertiary/aromatic N) is 1. The number of carbonyl (C=O) groups is 1. The maximum Gasteiger partial charge on any atom is 0.325 e. The molecule has 116 valence electrons. The molecule has 1 atom stereocenters. The van der Waals surface area contributed by atoms with Crippen molar-refractivity contribution in [2.45, 2.75) is 37.8 Å². The van der Waals surface area contributed by atoms with Crippen molar-refractivity contribution >= 4 is 15.8 Å². The molecular formula is C13H24N2O4S. The van der Waals surface area contributed by atoms with Gasteiger partial charge < -0.3 is 9.64 Å². The van der Waals surface area contributed by atoms with Crippen molar-refractivity contribution in [3.63, 3.8) is 0 Å². The predicted octanol–water partition coefficient (Wildman–Crippen LogP) is -0.209. The molecule has 1 unspecified atom stereocenters. The van der Waals surface area contributed by atoms with Gasteiger partial charge in [0.2, 0.25) is 0 Å². The van der Waals surface area contributed by atoms with Gasteiger partial charge in [0.05, 0.1) is 18.6 Å². The van der Waals surface area contributed by atoms with E-state index in [0.29, 0.717) is 32.1 Å². The fourth-order valence-electron chi connectivity index (χ4n) is 2.49. The van der Waals surface area contributed by atoms with Crippen LogP contribution in [0.1, 0.15) is 26.2 Å². The molecule has 2 fully saturated rings. The maximum atomic E-state index is 12.0. The Bertz CT molecular complexity index is 447. The third kappa shape index (κ3) is 4.17. The van der Waals surface area contributed by atoms with E-state index in [1.165, 1.54) is 7.11 Å². The van der Waals surface area contributed by atoms with Crippen molar-refractivity contribution in [3.05, 3.63) is 0 Å². The summed E-state index contributed by atoms with van der Waals surface area (Å²) in [7, 11) is -1.44. The number of nitrogens with one attached hydrogen (secondary N) is 1. The first-order valence-electron chi connectivity index (χ1n) is 7.13. The molecule has 0 aromatic carbocycles. The number of methoxy groups -OCH3 is 1. The van der Waals surface area contributed by atoms with Crippen LogP contribution in [0, 0.1) is 0 Å². The summed E-state index contributed by atoms with van der Waals surface area (Å²) in [6.45, 7) is 3.70. The minimum atomic E-state index is -2.85. The van der Waals surface area contributed by atoms with E-state index in [0.717, 1.165) is 12.8 Å².